The SMILES string of the molecule is O=C(CN(CC1CCCCC1)C1CC1)Nc1cc2c(cc1Cl)OCCO2. The van der Waals surface area contributed by atoms with Gasteiger partial charge in [-0.15, -0.1) is 0 Å². The van der Waals surface area contributed by atoms with E-state index in [1.165, 1.54) is 44.9 Å². The van der Waals surface area contributed by atoms with Crippen LogP contribution in [0.1, 0.15) is 44.9 Å². The third-order valence-corrected chi connectivity index (χ3v) is 5.85. The molecule has 0 saturated heterocycles. The van der Waals surface area contributed by atoms with Gasteiger partial charge in [0, 0.05) is 24.7 Å². The predicted molar refractivity (Wildman–Crippen MR) is 102 cm³/mol. The van der Waals surface area contributed by atoms with E-state index in [4.69, 9.17) is 21.1 Å². The van der Waals surface area contributed by atoms with Gasteiger partial charge >= 0.3 is 0 Å². The van der Waals surface area contributed by atoms with Crippen LogP contribution in [0.15, 0.2) is 12.1 Å². The second-order valence-corrected chi connectivity index (χ2v) is 8.10. The first-order chi connectivity index (χ1) is 12.7. The summed E-state index contributed by atoms with van der Waals surface area (Å²) in [6, 6.07) is 4.06. The van der Waals surface area contributed by atoms with Crippen LogP contribution >= 0.6 is 11.6 Å². The smallest absolute Gasteiger partial charge is 0.238 e. The van der Waals surface area contributed by atoms with Gasteiger partial charge in [0.05, 0.1) is 17.3 Å². The average Bonchev–Trinajstić information content (AvgIpc) is 3.48. The molecule has 1 amide bonds. The molecule has 1 aliphatic heterocycles. The lowest BCUT2D eigenvalue weighted by Gasteiger charge is -2.29. The fourth-order valence-corrected chi connectivity index (χ4v) is 4.22. The monoisotopic (exact) mass is 378 g/mol. The largest absolute Gasteiger partial charge is 0.486 e. The van der Waals surface area contributed by atoms with E-state index >= 15 is 0 Å². The minimum Gasteiger partial charge on any atom is -0.486 e. The van der Waals surface area contributed by atoms with Gasteiger partial charge in [0.2, 0.25) is 5.91 Å². The number of nitrogens with one attached hydrogen (secondary N) is 1. The molecule has 26 heavy (non-hydrogen) atoms. The highest BCUT2D eigenvalue weighted by Gasteiger charge is 2.32. The first kappa shape index (κ1) is 17.9. The number of hydrogen-bond acceptors (Lipinski definition) is 4. The number of benzene rings is 1. The van der Waals surface area contributed by atoms with E-state index < -0.39 is 0 Å². The second-order valence-electron chi connectivity index (χ2n) is 7.69. The lowest BCUT2D eigenvalue weighted by molar-refractivity contribution is -0.117. The zero-order valence-electron chi connectivity index (χ0n) is 15.1. The van der Waals surface area contributed by atoms with E-state index in [1.807, 2.05) is 0 Å². The number of carbonyl (C=O) groups excluding carboxylic acids is 1. The lowest BCUT2D eigenvalue weighted by Crippen LogP contribution is -2.38. The van der Waals surface area contributed by atoms with E-state index in [0.29, 0.717) is 48.0 Å². The molecule has 0 aromatic heterocycles. The van der Waals surface area contributed by atoms with Gasteiger partial charge in [-0.3, -0.25) is 9.69 Å². The van der Waals surface area contributed by atoms with Crippen LogP contribution < -0.4 is 14.8 Å². The van der Waals surface area contributed by atoms with Gasteiger partial charge in [-0.1, -0.05) is 30.9 Å². The Bertz CT molecular complexity index is 657. The average molecular weight is 379 g/mol. The van der Waals surface area contributed by atoms with Crippen LogP contribution in [0.5, 0.6) is 11.5 Å². The van der Waals surface area contributed by atoms with Crippen molar-refractivity contribution >= 4 is 23.2 Å². The van der Waals surface area contributed by atoms with Gasteiger partial charge in [-0.2, -0.15) is 0 Å². The summed E-state index contributed by atoms with van der Waals surface area (Å²) in [4.78, 5) is 15.0. The van der Waals surface area contributed by atoms with Gasteiger partial charge in [0.15, 0.2) is 11.5 Å². The Morgan fingerprint density at radius 2 is 1.77 bits per heavy atom. The molecule has 1 aromatic rings. The van der Waals surface area contributed by atoms with Crippen molar-refractivity contribution in [1.82, 2.24) is 4.90 Å². The zero-order valence-corrected chi connectivity index (χ0v) is 15.9. The van der Waals surface area contributed by atoms with E-state index in [-0.39, 0.29) is 5.91 Å². The first-order valence-electron chi connectivity index (χ1n) is 9.82. The molecule has 2 saturated carbocycles. The highest BCUT2D eigenvalue weighted by Crippen LogP contribution is 2.38. The molecule has 2 fully saturated rings. The summed E-state index contributed by atoms with van der Waals surface area (Å²) in [6.07, 6.45) is 9.07. The van der Waals surface area contributed by atoms with Gasteiger partial charge in [-0.25, -0.2) is 0 Å². The van der Waals surface area contributed by atoms with Crippen molar-refractivity contribution in [3.63, 3.8) is 0 Å². The molecule has 1 aromatic carbocycles. The molecule has 142 valence electrons. The predicted octanol–water partition coefficient (Wildman–Crippen LogP) is 4.09. The van der Waals surface area contributed by atoms with Crippen molar-refractivity contribution in [3.05, 3.63) is 17.2 Å². The molecule has 4 rings (SSSR count). The molecule has 2 aliphatic carbocycles. The van der Waals surface area contributed by atoms with Crippen LogP contribution in [0.4, 0.5) is 5.69 Å². The standard InChI is InChI=1S/C20H27ClN2O3/c21-16-10-18-19(26-9-8-25-18)11-17(16)22-20(24)13-23(15-6-7-15)12-14-4-2-1-3-5-14/h10-11,14-15H,1-9,12-13H2,(H,22,24). The number of rotatable bonds is 6. The van der Waals surface area contributed by atoms with Crippen molar-refractivity contribution in [2.45, 2.75) is 51.0 Å². The maximum absolute atomic E-state index is 12.6. The number of halogens is 1. The van der Waals surface area contributed by atoms with Crippen molar-refractivity contribution in [2.75, 3.05) is 31.6 Å². The van der Waals surface area contributed by atoms with Crippen LogP contribution in [0.2, 0.25) is 5.02 Å². The molecule has 0 radical (unpaired) electrons. The highest BCUT2D eigenvalue weighted by molar-refractivity contribution is 6.34. The van der Waals surface area contributed by atoms with Gasteiger partial charge in [-0.05, 0) is 31.6 Å². The summed E-state index contributed by atoms with van der Waals surface area (Å²) in [5.41, 5.74) is 0.592. The molecule has 3 aliphatic rings. The molecule has 0 atom stereocenters. The second kappa shape index (κ2) is 8.05. The normalized spacial score (nSPS) is 20.2. The van der Waals surface area contributed by atoms with Crippen molar-refractivity contribution in [3.8, 4) is 11.5 Å². The number of fused-ring (bicyclic) bond motifs is 1. The van der Waals surface area contributed by atoms with Crippen LogP contribution in [0.25, 0.3) is 0 Å². The minimum atomic E-state index is -0.00807. The van der Waals surface area contributed by atoms with Crippen molar-refractivity contribution in [2.24, 2.45) is 5.92 Å². The Balaban J connectivity index is 1.37. The Hall–Kier alpha value is -1.46. The maximum Gasteiger partial charge on any atom is 0.238 e. The molecule has 1 heterocycles. The molecular formula is C20H27ClN2O3. The number of amides is 1. The number of hydrogen-bond donors (Lipinski definition) is 1. The number of ether oxygens (including phenoxy) is 2. The molecule has 0 bridgehead atoms. The van der Waals surface area contributed by atoms with Crippen LogP contribution in [-0.2, 0) is 4.79 Å². The van der Waals surface area contributed by atoms with E-state index in [9.17, 15) is 4.79 Å². The number of anilines is 1. The molecule has 5 nitrogen and oxygen atoms in total. The lowest BCUT2D eigenvalue weighted by atomic mass is 9.89. The van der Waals surface area contributed by atoms with Crippen molar-refractivity contribution in [1.29, 1.82) is 0 Å². The third-order valence-electron chi connectivity index (χ3n) is 5.53. The molecule has 0 spiro atoms. The van der Waals surface area contributed by atoms with E-state index in [2.05, 4.69) is 10.2 Å². The van der Waals surface area contributed by atoms with Gasteiger partial charge in [0.1, 0.15) is 13.2 Å². The molecule has 0 unspecified atom stereocenters. The number of nitrogens with zero attached hydrogens (tertiary/aromatic N) is 1. The fraction of sp³-hybridized carbons (Fsp3) is 0.650. The summed E-state index contributed by atoms with van der Waals surface area (Å²) < 4.78 is 11.1. The minimum absolute atomic E-state index is 0.00807. The van der Waals surface area contributed by atoms with Crippen molar-refractivity contribution < 1.29 is 14.3 Å². The zero-order chi connectivity index (χ0) is 17.9. The molecule has 6 heteroatoms. The Labute approximate surface area is 160 Å². The summed E-state index contributed by atoms with van der Waals surface area (Å²) in [7, 11) is 0. The van der Waals surface area contributed by atoms with Crippen LogP contribution in [-0.4, -0.2) is 43.2 Å². The van der Waals surface area contributed by atoms with E-state index in [1.54, 1.807) is 12.1 Å². The fourth-order valence-electron chi connectivity index (χ4n) is 4.02. The first-order valence-corrected chi connectivity index (χ1v) is 10.2. The Morgan fingerprint density at radius 3 is 2.46 bits per heavy atom. The van der Waals surface area contributed by atoms with E-state index in [0.717, 1.165) is 12.5 Å². The topological polar surface area (TPSA) is 50.8 Å². The Kier molecular flexibility index (Phi) is 5.55. The number of carbonyl (C=O) groups is 1. The van der Waals surface area contributed by atoms with Gasteiger partial charge in [0.25, 0.3) is 0 Å². The summed E-state index contributed by atoms with van der Waals surface area (Å²) in [5, 5.41) is 3.44. The third kappa shape index (κ3) is 4.44. The quantitative estimate of drug-likeness (QED) is 0.809. The maximum atomic E-state index is 12.6. The summed E-state index contributed by atoms with van der Waals surface area (Å²) >= 11 is 6.31. The Morgan fingerprint density at radius 1 is 1.08 bits per heavy atom. The summed E-state index contributed by atoms with van der Waals surface area (Å²) in [6.45, 7) is 2.52. The van der Waals surface area contributed by atoms with Crippen LogP contribution in [0.3, 0.4) is 0 Å². The van der Waals surface area contributed by atoms with Crippen LogP contribution in [0, 0.1) is 5.92 Å². The summed E-state index contributed by atoms with van der Waals surface area (Å²) in [5.74, 6) is 2.01. The molecule has 1 N–H and O–H groups in total. The highest BCUT2D eigenvalue weighted by atomic mass is 35.5. The molecular weight excluding hydrogens is 352 g/mol. The van der Waals surface area contributed by atoms with Gasteiger partial charge < -0.3 is 14.8 Å².